The predicted octanol–water partition coefficient (Wildman–Crippen LogP) is 2.69. The third-order valence-corrected chi connectivity index (χ3v) is 4.09. The van der Waals surface area contributed by atoms with Crippen molar-refractivity contribution in [2.75, 3.05) is 0 Å². The monoisotopic (exact) mass is 336 g/mol. The average molecular weight is 337 g/mol. The summed E-state index contributed by atoms with van der Waals surface area (Å²) in [4.78, 5) is 3.23. The van der Waals surface area contributed by atoms with E-state index < -0.39 is 31.3 Å². The summed E-state index contributed by atoms with van der Waals surface area (Å²) in [6.07, 6.45) is 3.07. The number of aromatic nitrogens is 2. The summed E-state index contributed by atoms with van der Waals surface area (Å²) in [6, 6.07) is 1.22. The summed E-state index contributed by atoms with van der Waals surface area (Å²) in [7, 11) is 0.828. The van der Waals surface area contributed by atoms with Crippen molar-refractivity contribution in [2.45, 2.75) is 25.0 Å². The number of rotatable bonds is 5. The maximum Gasteiger partial charge on any atom is 0.261 e. The van der Waals surface area contributed by atoms with Gasteiger partial charge < -0.3 is 9.30 Å². The van der Waals surface area contributed by atoms with Gasteiger partial charge in [0, 0.05) is 17.2 Å². The van der Waals surface area contributed by atoms with Crippen LogP contribution in [0.3, 0.4) is 0 Å². The van der Waals surface area contributed by atoms with Crippen LogP contribution in [-0.4, -0.2) is 18.0 Å². The van der Waals surface area contributed by atoms with Crippen LogP contribution < -0.4 is 4.74 Å². The first-order valence-corrected chi connectivity index (χ1v) is 8.19. The molecule has 0 radical (unpaired) electrons. The number of benzene rings is 1. The Kier molecular flexibility index (Phi) is 4.48. The Morgan fingerprint density at radius 2 is 1.95 bits per heavy atom. The summed E-state index contributed by atoms with van der Waals surface area (Å²) in [6.45, 7) is 2.41. The van der Waals surface area contributed by atoms with Gasteiger partial charge in [-0.1, -0.05) is 0 Å². The van der Waals surface area contributed by atoms with Crippen molar-refractivity contribution in [2.24, 2.45) is 0 Å². The van der Waals surface area contributed by atoms with Crippen molar-refractivity contribution < 1.29 is 21.9 Å². The van der Waals surface area contributed by atoms with E-state index in [2.05, 4.69) is 4.98 Å². The van der Waals surface area contributed by atoms with Crippen molar-refractivity contribution in [3.8, 4) is 5.75 Å². The van der Waals surface area contributed by atoms with Crippen LogP contribution in [0, 0.1) is 11.6 Å². The SMILES string of the molecule is CCn1cncc1COc1c(F)cc(S(=O)(=O)Cl)cc1F. The number of ether oxygens (including phenoxy) is 1. The molecule has 0 amide bonds. The molecule has 0 atom stereocenters. The fourth-order valence-corrected chi connectivity index (χ4v) is 2.47. The van der Waals surface area contributed by atoms with E-state index in [1.165, 1.54) is 6.20 Å². The molecule has 9 heteroatoms. The largest absolute Gasteiger partial charge is 0.481 e. The zero-order valence-corrected chi connectivity index (χ0v) is 12.5. The number of aryl methyl sites for hydroxylation is 1. The lowest BCUT2D eigenvalue weighted by atomic mass is 10.3. The Morgan fingerprint density at radius 3 is 2.48 bits per heavy atom. The van der Waals surface area contributed by atoms with Crippen molar-refractivity contribution >= 4 is 19.7 Å². The lowest BCUT2D eigenvalue weighted by Crippen LogP contribution is -2.06. The fourth-order valence-electron chi connectivity index (χ4n) is 1.71. The number of nitrogens with zero attached hydrogens (tertiary/aromatic N) is 2. The average Bonchev–Trinajstić information content (AvgIpc) is 2.84. The summed E-state index contributed by atoms with van der Waals surface area (Å²) in [5.41, 5.74) is 0.630. The lowest BCUT2D eigenvalue weighted by molar-refractivity contribution is 0.265. The van der Waals surface area contributed by atoms with E-state index in [-0.39, 0.29) is 6.61 Å². The first-order chi connectivity index (χ1) is 9.82. The second kappa shape index (κ2) is 5.98. The summed E-state index contributed by atoms with van der Waals surface area (Å²) in [5, 5.41) is 0. The number of imidazole rings is 1. The quantitative estimate of drug-likeness (QED) is 0.788. The minimum absolute atomic E-state index is 0.103. The molecule has 114 valence electrons. The van der Waals surface area contributed by atoms with Crippen LogP contribution >= 0.6 is 10.7 Å². The minimum atomic E-state index is -4.21. The van der Waals surface area contributed by atoms with E-state index in [1.54, 1.807) is 10.9 Å². The molecule has 21 heavy (non-hydrogen) atoms. The van der Waals surface area contributed by atoms with E-state index in [0.29, 0.717) is 24.4 Å². The molecular weight excluding hydrogens is 326 g/mol. The summed E-state index contributed by atoms with van der Waals surface area (Å²) < 4.78 is 56.4. The maximum absolute atomic E-state index is 13.7. The molecule has 0 aliphatic carbocycles. The van der Waals surface area contributed by atoms with Gasteiger partial charge >= 0.3 is 0 Å². The van der Waals surface area contributed by atoms with E-state index in [0.717, 1.165) is 0 Å². The third-order valence-electron chi connectivity index (χ3n) is 2.76. The zero-order chi connectivity index (χ0) is 15.6. The molecule has 0 fully saturated rings. The topological polar surface area (TPSA) is 61.2 Å². The molecule has 0 unspecified atom stereocenters. The van der Waals surface area contributed by atoms with E-state index >= 15 is 0 Å². The smallest absolute Gasteiger partial charge is 0.261 e. The van der Waals surface area contributed by atoms with Crippen molar-refractivity contribution in [1.82, 2.24) is 9.55 Å². The van der Waals surface area contributed by atoms with Crippen LogP contribution in [-0.2, 0) is 22.2 Å². The first-order valence-electron chi connectivity index (χ1n) is 5.88. The second-order valence-electron chi connectivity index (χ2n) is 4.11. The van der Waals surface area contributed by atoms with Gasteiger partial charge in [0.05, 0.1) is 23.1 Å². The van der Waals surface area contributed by atoms with E-state index in [9.17, 15) is 17.2 Å². The Hall–Kier alpha value is -1.67. The maximum atomic E-state index is 13.7. The standard InChI is InChI=1S/C12H11ClF2N2O3S/c1-2-17-7-16-5-8(17)6-20-12-10(14)3-9(4-11(12)15)21(13,18)19/h3-5,7H,2,6H2,1H3. The molecule has 0 saturated carbocycles. The van der Waals surface area contributed by atoms with Gasteiger partial charge in [0.1, 0.15) is 6.61 Å². The Morgan fingerprint density at radius 1 is 1.33 bits per heavy atom. The molecule has 2 rings (SSSR count). The Bertz CT molecular complexity index is 739. The predicted molar refractivity (Wildman–Crippen MR) is 71.6 cm³/mol. The van der Waals surface area contributed by atoms with Crippen molar-refractivity contribution in [3.63, 3.8) is 0 Å². The number of halogens is 3. The van der Waals surface area contributed by atoms with Gasteiger partial charge in [0.15, 0.2) is 17.4 Å². The number of hydrogen-bond donors (Lipinski definition) is 0. The number of hydrogen-bond acceptors (Lipinski definition) is 4. The van der Waals surface area contributed by atoms with Crippen molar-refractivity contribution in [1.29, 1.82) is 0 Å². The summed E-state index contributed by atoms with van der Waals surface area (Å²) >= 11 is 0. The highest BCUT2D eigenvalue weighted by molar-refractivity contribution is 8.13. The molecule has 0 N–H and O–H groups in total. The van der Waals surface area contributed by atoms with Crippen LogP contribution in [0.2, 0.25) is 0 Å². The molecular formula is C12H11ClF2N2O3S. The molecule has 1 aromatic heterocycles. The van der Waals surface area contributed by atoms with Gasteiger partial charge in [-0.2, -0.15) is 0 Å². The second-order valence-corrected chi connectivity index (χ2v) is 6.68. The fraction of sp³-hybridized carbons (Fsp3) is 0.250. The Labute approximate surface area is 124 Å². The molecule has 1 heterocycles. The highest BCUT2D eigenvalue weighted by atomic mass is 35.7. The van der Waals surface area contributed by atoms with Crippen molar-refractivity contribution in [3.05, 3.63) is 42.0 Å². The van der Waals surface area contributed by atoms with Crippen LogP contribution in [0.25, 0.3) is 0 Å². The highest BCUT2D eigenvalue weighted by Crippen LogP contribution is 2.27. The Balaban J connectivity index is 2.25. The van der Waals surface area contributed by atoms with Crippen LogP contribution in [0.4, 0.5) is 8.78 Å². The van der Waals surface area contributed by atoms with E-state index in [4.69, 9.17) is 15.4 Å². The minimum Gasteiger partial charge on any atom is -0.481 e. The third kappa shape index (κ3) is 3.51. The molecule has 0 saturated heterocycles. The van der Waals surface area contributed by atoms with Crippen LogP contribution in [0.15, 0.2) is 29.6 Å². The highest BCUT2D eigenvalue weighted by Gasteiger charge is 2.19. The van der Waals surface area contributed by atoms with Gasteiger partial charge in [-0.25, -0.2) is 22.2 Å². The molecule has 0 aliphatic rings. The van der Waals surface area contributed by atoms with Crippen LogP contribution in [0.1, 0.15) is 12.6 Å². The lowest BCUT2D eigenvalue weighted by Gasteiger charge is -2.10. The van der Waals surface area contributed by atoms with Gasteiger partial charge in [-0.05, 0) is 19.1 Å². The molecule has 0 aliphatic heterocycles. The zero-order valence-electron chi connectivity index (χ0n) is 10.9. The normalized spacial score (nSPS) is 11.6. The van der Waals surface area contributed by atoms with Gasteiger partial charge in [-0.3, -0.25) is 0 Å². The summed E-state index contributed by atoms with van der Waals surface area (Å²) in [5.74, 6) is -2.95. The molecule has 0 bridgehead atoms. The van der Waals surface area contributed by atoms with E-state index in [1.807, 2.05) is 6.92 Å². The molecule has 0 spiro atoms. The first kappa shape index (κ1) is 15.7. The molecule has 5 nitrogen and oxygen atoms in total. The van der Waals surface area contributed by atoms with Gasteiger partial charge in [0.2, 0.25) is 0 Å². The van der Waals surface area contributed by atoms with Crippen LogP contribution in [0.5, 0.6) is 5.75 Å². The molecule has 1 aromatic carbocycles. The van der Waals surface area contributed by atoms with Gasteiger partial charge in [-0.15, -0.1) is 0 Å². The molecule has 2 aromatic rings. The van der Waals surface area contributed by atoms with Gasteiger partial charge in [0.25, 0.3) is 9.05 Å².